The second-order valence-corrected chi connectivity index (χ2v) is 5.00. The van der Waals surface area contributed by atoms with Gasteiger partial charge in [0.25, 0.3) is 0 Å². The molecule has 5 heteroatoms. The number of imidazole rings is 1. The highest BCUT2D eigenvalue weighted by Gasteiger charge is 2.13. The lowest BCUT2D eigenvalue weighted by Crippen LogP contribution is -1.84. The van der Waals surface area contributed by atoms with Crippen LogP contribution in [0.4, 0.5) is 4.39 Å². The smallest absolute Gasteiger partial charge is 0.143 e. The van der Waals surface area contributed by atoms with Crippen LogP contribution < -0.4 is 0 Å². The molecule has 0 spiro atoms. The predicted octanol–water partition coefficient (Wildman–Crippen LogP) is 3.90. The number of hydrogen-bond acceptors (Lipinski definition) is 3. The Morgan fingerprint density at radius 1 is 1.26 bits per heavy atom. The van der Waals surface area contributed by atoms with Gasteiger partial charge in [0.2, 0.25) is 0 Å². The molecule has 3 nitrogen and oxygen atoms in total. The molecule has 0 radical (unpaired) electrons. The summed E-state index contributed by atoms with van der Waals surface area (Å²) in [5.74, 6) is 0.508. The van der Waals surface area contributed by atoms with E-state index in [0.717, 1.165) is 34.2 Å². The zero-order valence-corrected chi connectivity index (χ0v) is 11.2. The number of H-pyrrole nitrogens is 1. The van der Waals surface area contributed by atoms with Gasteiger partial charge in [-0.2, -0.15) is 0 Å². The monoisotopic (exact) mass is 273 g/mol. The van der Waals surface area contributed by atoms with Gasteiger partial charge >= 0.3 is 0 Å². The zero-order chi connectivity index (χ0) is 13.2. The van der Waals surface area contributed by atoms with Gasteiger partial charge in [-0.3, -0.25) is 0 Å². The molecule has 19 heavy (non-hydrogen) atoms. The summed E-state index contributed by atoms with van der Waals surface area (Å²) < 4.78 is 12.9. The molecule has 0 amide bonds. The topological polar surface area (TPSA) is 41.6 Å². The minimum Gasteiger partial charge on any atom is -0.341 e. The fourth-order valence-electron chi connectivity index (χ4n) is 1.93. The number of hydrogen-bond donors (Lipinski definition) is 1. The summed E-state index contributed by atoms with van der Waals surface area (Å²) in [5, 5.41) is 2.84. The Morgan fingerprint density at radius 3 is 2.68 bits per heavy atom. The van der Waals surface area contributed by atoms with Gasteiger partial charge in [0, 0.05) is 22.8 Å². The normalized spacial score (nSPS) is 10.8. The van der Waals surface area contributed by atoms with Crippen LogP contribution in [0.1, 0.15) is 12.6 Å². The van der Waals surface area contributed by atoms with Crippen molar-refractivity contribution in [2.24, 2.45) is 0 Å². The molecule has 3 rings (SSSR count). The second kappa shape index (κ2) is 4.93. The van der Waals surface area contributed by atoms with Crippen molar-refractivity contribution < 1.29 is 4.39 Å². The van der Waals surface area contributed by atoms with E-state index in [1.165, 1.54) is 12.1 Å². The molecule has 1 N–H and O–H groups in total. The average Bonchev–Trinajstić information content (AvgIpc) is 3.08. The van der Waals surface area contributed by atoms with E-state index in [0.29, 0.717) is 0 Å². The lowest BCUT2D eigenvalue weighted by molar-refractivity contribution is 0.628. The summed E-state index contributed by atoms with van der Waals surface area (Å²) >= 11 is 1.56. The molecule has 1 aromatic carbocycles. The highest BCUT2D eigenvalue weighted by molar-refractivity contribution is 7.13. The van der Waals surface area contributed by atoms with Crippen molar-refractivity contribution >= 4 is 11.3 Å². The van der Waals surface area contributed by atoms with E-state index in [1.54, 1.807) is 29.7 Å². The molecular weight excluding hydrogens is 261 g/mol. The highest BCUT2D eigenvalue weighted by atomic mass is 32.1. The first-order valence-electron chi connectivity index (χ1n) is 6.02. The summed E-state index contributed by atoms with van der Waals surface area (Å²) in [6, 6.07) is 6.32. The summed E-state index contributed by atoms with van der Waals surface area (Å²) in [7, 11) is 0. The van der Waals surface area contributed by atoms with E-state index in [4.69, 9.17) is 0 Å². The average molecular weight is 273 g/mol. The quantitative estimate of drug-likeness (QED) is 0.786. The van der Waals surface area contributed by atoms with Crippen LogP contribution in [-0.4, -0.2) is 15.0 Å². The molecule has 0 fully saturated rings. The third-order valence-electron chi connectivity index (χ3n) is 2.88. The molecule has 3 aromatic rings. The standard InChI is InChI=1S/C14H12FN3S/c1-2-11-12(14-16-7-8-19-14)18-13(17-11)9-3-5-10(15)6-4-9/h3-8H,2H2,1H3,(H,17,18). The van der Waals surface area contributed by atoms with Gasteiger partial charge in [0.1, 0.15) is 22.3 Å². The van der Waals surface area contributed by atoms with Gasteiger partial charge < -0.3 is 4.98 Å². The Morgan fingerprint density at radius 2 is 2.05 bits per heavy atom. The minimum atomic E-state index is -0.244. The maximum atomic E-state index is 12.9. The SMILES string of the molecule is CCc1[nH]c(-c2ccc(F)cc2)nc1-c1nccs1. The van der Waals surface area contributed by atoms with E-state index in [-0.39, 0.29) is 5.82 Å². The molecule has 0 saturated carbocycles. The lowest BCUT2D eigenvalue weighted by atomic mass is 10.2. The molecule has 2 heterocycles. The fourth-order valence-corrected chi connectivity index (χ4v) is 2.58. The Bertz CT molecular complexity index is 671. The van der Waals surface area contributed by atoms with Gasteiger partial charge in [0.15, 0.2) is 0 Å². The van der Waals surface area contributed by atoms with Gasteiger partial charge in [-0.25, -0.2) is 14.4 Å². The highest BCUT2D eigenvalue weighted by Crippen LogP contribution is 2.27. The van der Waals surface area contributed by atoms with E-state index in [9.17, 15) is 4.39 Å². The maximum absolute atomic E-state index is 12.9. The van der Waals surface area contributed by atoms with Crippen molar-refractivity contribution in [3.8, 4) is 22.1 Å². The van der Waals surface area contributed by atoms with Gasteiger partial charge in [-0.1, -0.05) is 6.92 Å². The third kappa shape index (κ3) is 2.29. The van der Waals surface area contributed by atoms with Crippen LogP contribution in [0.5, 0.6) is 0 Å². The van der Waals surface area contributed by atoms with Crippen molar-refractivity contribution in [1.82, 2.24) is 15.0 Å². The van der Waals surface area contributed by atoms with Crippen LogP contribution >= 0.6 is 11.3 Å². The fraction of sp³-hybridized carbons (Fsp3) is 0.143. The molecule has 96 valence electrons. The molecule has 0 saturated heterocycles. The molecule has 2 aromatic heterocycles. The number of aromatic nitrogens is 3. The Balaban J connectivity index is 2.07. The number of halogens is 1. The molecular formula is C14H12FN3S. The van der Waals surface area contributed by atoms with Crippen molar-refractivity contribution in [2.45, 2.75) is 13.3 Å². The van der Waals surface area contributed by atoms with Crippen molar-refractivity contribution in [2.75, 3.05) is 0 Å². The van der Waals surface area contributed by atoms with Crippen molar-refractivity contribution in [1.29, 1.82) is 0 Å². The first-order chi connectivity index (χ1) is 9.28. The van der Waals surface area contributed by atoms with Gasteiger partial charge in [0.05, 0.1) is 0 Å². The van der Waals surface area contributed by atoms with Crippen LogP contribution in [0.15, 0.2) is 35.8 Å². The van der Waals surface area contributed by atoms with Crippen molar-refractivity contribution in [3.05, 3.63) is 47.4 Å². The van der Waals surface area contributed by atoms with Gasteiger partial charge in [-0.05, 0) is 30.7 Å². The first kappa shape index (κ1) is 12.0. The first-order valence-corrected chi connectivity index (χ1v) is 6.90. The van der Waals surface area contributed by atoms with Crippen LogP contribution in [0, 0.1) is 5.82 Å². The number of thiazole rings is 1. The summed E-state index contributed by atoms with van der Waals surface area (Å²) in [4.78, 5) is 12.2. The number of nitrogens with one attached hydrogen (secondary N) is 1. The Labute approximate surface area is 114 Å². The Kier molecular flexibility index (Phi) is 3.13. The minimum absolute atomic E-state index is 0.244. The molecule has 0 atom stereocenters. The van der Waals surface area contributed by atoms with Crippen LogP contribution in [-0.2, 0) is 6.42 Å². The molecule has 0 aliphatic carbocycles. The number of aromatic amines is 1. The van der Waals surface area contributed by atoms with Gasteiger partial charge in [-0.15, -0.1) is 11.3 Å². The molecule has 0 bridgehead atoms. The second-order valence-electron chi connectivity index (χ2n) is 4.11. The molecule has 0 aliphatic heterocycles. The van der Waals surface area contributed by atoms with Crippen LogP contribution in [0.2, 0.25) is 0 Å². The predicted molar refractivity (Wildman–Crippen MR) is 74.5 cm³/mol. The maximum Gasteiger partial charge on any atom is 0.143 e. The largest absolute Gasteiger partial charge is 0.341 e. The molecule has 0 aliphatic rings. The summed E-state index contributed by atoms with van der Waals surface area (Å²) in [6.07, 6.45) is 2.62. The van der Waals surface area contributed by atoms with Crippen molar-refractivity contribution in [3.63, 3.8) is 0 Å². The van der Waals surface area contributed by atoms with E-state index < -0.39 is 0 Å². The van der Waals surface area contributed by atoms with E-state index >= 15 is 0 Å². The third-order valence-corrected chi connectivity index (χ3v) is 3.66. The van der Waals surface area contributed by atoms with E-state index in [2.05, 4.69) is 21.9 Å². The number of benzene rings is 1. The molecule has 0 unspecified atom stereocenters. The van der Waals surface area contributed by atoms with Crippen LogP contribution in [0.25, 0.3) is 22.1 Å². The number of aryl methyl sites for hydroxylation is 1. The summed E-state index contributed by atoms with van der Waals surface area (Å²) in [5.41, 5.74) is 2.81. The Hall–Kier alpha value is -2.01. The zero-order valence-electron chi connectivity index (χ0n) is 10.4. The number of nitrogens with zero attached hydrogens (tertiary/aromatic N) is 2. The van der Waals surface area contributed by atoms with Crippen LogP contribution in [0.3, 0.4) is 0 Å². The number of rotatable bonds is 3. The van der Waals surface area contributed by atoms with E-state index in [1.807, 2.05) is 5.38 Å². The summed E-state index contributed by atoms with van der Waals surface area (Å²) in [6.45, 7) is 2.07. The lowest BCUT2D eigenvalue weighted by Gasteiger charge is -1.95.